The van der Waals surface area contributed by atoms with Gasteiger partial charge < -0.3 is 23.7 Å². The zero-order valence-corrected chi connectivity index (χ0v) is 30.9. The molecule has 0 spiro atoms. The number of rotatable bonds is 10. The Labute approximate surface area is 296 Å². The number of carbonyl (C=O) groups excluding carboxylic acids is 1. The van der Waals surface area contributed by atoms with Crippen molar-refractivity contribution >= 4 is 59.5 Å². The van der Waals surface area contributed by atoms with E-state index in [9.17, 15) is 14.7 Å². The summed E-state index contributed by atoms with van der Waals surface area (Å²) in [5, 5.41) is 11.2. The molecule has 268 valence electrons. The van der Waals surface area contributed by atoms with Crippen LogP contribution in [0.3, 0.4) is 0 Å². The van der Waals surface area contributed by atoms with Crippen LogP contribution in [0.1, 0.15) is 61.1 Å². The van der Waals surface area contributed by atoms with Gasteiger partial charge in [-0.25, -0.2) is 19.0 Å². The van der Waals surface area contributed by atoms with Gasteiger partial charge in [0, 0.05) is 6.54 Å². The van der Waals surface area contributed by atoms with Gasteiger partial charge in [-0.15, -0.1) is 0 Å². The van der Waals surface area contributed by atoms with Crippen LogP contribution in [0.5, 0.6) is 0 Å². The van der Waals surface area contributed by atoms with Crippen LogP contribution < -0.4 is 15.3 Å². The number of halogens is 2. The van der Waals surface area contributed by atoms with E-state index in [1.54, 1.807) is 20.8 Å². The predicted octanol–water partition coefficient (Wildman–Crippen LogP) is 6.51. The molecule has 3 heterocycles. The zero-order chi connectivity index (χ0) is 36.4. The van der Waals surface area contributed by atoms with Gasteiger partial charge in [-0.2, -0.15) is 9.97 Å². The first kappa shape index (κ1) is 37.1. The number of ether oxygens (including phenoxy) is 3. The lowest BCUT2D eigenvalue weighted by Gasteiger charge is -2.43. The summed E-state index contributed by atoms with van der Waals surface area (Å²) < 4.78 is 42.5. The quantitative estimate of drug-likeness (QED) is 0.109. The first-order valence-electron chi connectivity index (χ1n) is 16.4. The minimum absolute atomic E-state index is 0.0413. The average Bonchev–Trinajstić information content (AvgIpc) is 3.59. The normalized spacial score (nSPS) is 19.8. The number of anilines is 1. The molecule has 0 unspecified atom stereocenters. The minimum atomic E-state index is -3.12. The van der Waals surface area contributed by atoms with E-state index in [1.807, 2.05) is 67.6 Å². The molecule has 1 aliphatic rings. The fourth-order valence-corrected chi connectivity index (χ4v) is 11.0. The number of carbonyl (C=O) groups is 2. The average molecular weight is 728 g/mol. The van der Waals surface area contributed by atoms with E-state index >= 15 is 4.39 Å². The van der Waals surface area contributed by atoms with E-state index in [4.69, 9.17) is 30.2 Å². The highest BCUT2D eigenvalue weighted by molar-refractivity contribution is 6.99. The van der Waals surface area contributed by atoms with Gasteiger partial charge in [0.15, 0.2) is 35.5 Å². The number of hydrogen-bond donors (Lipinski definition) is 1. The molecule has 15 heteroatoms. The Morgan fingerprint density at radius 3 is 2.14 bits per heavy atom. The van der Waals surface area contributed by atoms with Crippen molar-refractivity contribution in [3.05, 3.63) is 72.3 Å². The van der Waals surface area contributed by atoms with Gasteiger partial charge in [-0.05, 0) is 54.2 Å². The van der Waals surface area contributed by atoms with Crippen LogP contribution in [0.15, 0.2) is 67.0 Å². The number of amides is 1. The molecular weight excluding hydrogens is 685 g/mol. The van der Waals surface area contributed by atoms with Crippen molar-refractivity contribution < 1.29 is 37.7 Å². The summed E-state index contributed by atoms with van der Waals surface area (Å²) in [6.07, 6.45) is -6.48. The summed E-state index contributed by atoms with van der Waals surface area (Å²) in [6, 6.07) is 19.9. The second-order valence-corrected chi connectivity index (χ2v) is 18.7. The standard InChI is InChI=1S/C35H43ClFN5O7Si/c1-8-19-41(32(43)44)28-26-29(40-31(36)39-28)42(21-38-26)30-25(37)27(48-33(45)49-34(2,3)4)24(47-30)20-46-50(35(5,6)7,22-15-11-9-12-16-22)23-17-13-10-14-18-23/h9-18,21,24-25,27,30H,8,19-20H2,1-7H3,(H,43,44)/t24-,25+,27-,30-/m1/s1. The number of hydrogen-bond acceptors (Lipinski definition) is 9. The SMILES string of the molecule is CCCN(C(=O)O)c1nc(Cl)nc2c1ncn2[C@@H]1O[C@H](CO[Si](c2ccccc2)(c2ccccc2)C(C)(C)C)[C@@H](OC(=O)OC(C)(C)C)[C@@H]1F. The van der Waals surface area contributed by atoms with E-state index in [-0.39, 0.29) is 35.4 Å². The van der Waals surface area contributed by atoms with E-state index in [1.165, 1.54) is 10.9 Å². The number of fused-ring (bicyclic) bond motifs is 1. The molecule has 2 aromatic heterocycles. The zero-order valence-electron chi connectivity index (χ0n) is 29.2. The van der Waals surface area contributed by atoms with Crippen LogP contribution in [0.2, 0.25) is 10.3 Å². The van der Waals surface area contributed by atoms with Crippen molar-refractivity contribution in [1.82, 2.24) is 19.5 Å². The van der Waals surface area contributed by atoms with Crippen molar-refractivity contribution in [2.45, 2.75) is 90.1 Å². The number of nitrogens with zero attached hydrogens (tertiary/aromatic N) is 5. The molecule has 0 aliphatic carbocycles. The third-order valence-electron chi connectivity index (χ3n) is 8.35. The van der Waals surface area contributed by atoms with E-state index in [2.05, 4.69) is 35.7 Å². The van der Waals surface area contributed by atoms with Crippen LogP contribution >= 0.6 is 11.6 Å². The van der Waals surface area contributed by atoms with Gasteiger partial charge in [0.05, 0.1) is 12.9 Å². The first-order valence-corrected chi connectivity index (χ1v) is 18.7. The minimum Gasteiger partial charge on any atom is -0.465 e. The number of carboxylic acid groups (broad SMARTS) is 1. The Balaban J connectivity index is 1.57. The topological polar surface area (TPSA) is 138 Å². The van der Waals surface area contributed by atoms with Gasteiger partial charge in [-0.1, -0.05) is 88.4 Å². The van der Waals surface area contributed by atoms with Crippen molar-refractivity contribution in [2.75, 3.05) is 18.1 Å². The number of alkyl halides is 1. The molecule has 0 radical (unpaired) electrons. The molecule has 4 atom stereocenters. The highest BCUT2D eigenvalue weighted by atomic mass is 35.5. The fourth-order valence-electron chi connectivity index (χ4n) is 6.31. The lowest BCUT2D eigenvalue weighted by molar-refractivity contribution is -0.0662. The highest BCUT2D eigenvalue weighted by Crippen LogP contribution is 2.40. The molecule has 1 fully saturated rings. The number of imidazole rings is 1. The molecule has 12 nitrogen and oxygen atoms in total. The highest BCUT2D eigenvalue weighted by Gasteiger charge is 2.54. The van der Waals surface area contributed by atoms with Crippen LogP contribution in [-0.4, -0.2) is 82.3 Å². The molecule has 50 heavy (non-hydrogen) atoms. The molecule has 1 saturated heterocycles. The maximum absolute atomic E-state index is 16.8. The largest absolute Gasteiger partial charge is 0.509 e. The summed E-state index contributed by atoms with van der Waals surface area (Å²) >= 11 is 6.27. The lowest BCUT2D eigenvalue weighted by atomic mass is 10.1. The van der Waals surface area contributed by atoms with E-state index in [0.717, 1.165) is 15.3 Å². The number of benzene rings is 2. The van der Waals surface area contributed by atoms with Crippen molar-refractivity contribution in [2.24, 2.45) is 0 Å². The first-order chi connectivity index (χ1) is 23.6. The maximum Gasteiger partial charge on any atom is 0.509 e. The van der Waals surface area contributed by atoms with Crippen LogP contribution in [0.25, 0.3) is 11.2 Å². The Morgan fingerprint density at radius 2 is 1.62 bits per heavy atom. The third-order valence-corrected chi connectivity index (χ3v) is 13.5. The number of aromatic nitrogens is 4. The Morgan fingerprint density at radius 1 is 1.02 bits per heavy atom. The molecule has 1 aliphatic heterocycles. The maximum atomic E-state index is 16.8. The summed E-state index contributed by atoms with van der Waals surface area (Å²) in [4.78, 5) is 38.8. The molecule has 4 aromatic rings. The van der Waals surface area contributed by atoms with Crippen molar-refractivity contribution in [3.8, 4) is 0 Å². The Kier molecular flexibility index (Phi) is 10.9. The summed E-state index contributed by atoms with van der Waals surface area (Å²) in [5.41, 5.74) is -0.779. The molecule has 5 rings (SSSR count). The van der Waals surface area contributed by atoms with Crippen molar-refractivity contribution in [3.63, 3.8) is 0 Å². The summed E-state index contributed by atoms with van der Waals surface area (Å²) in [5.74, 6) is -0.0466. The van der Waals surface area contributed by atoms with Gasteiger partial charge in [0.25, 0.3) is 8.32 Å². The summed E-state index contributed by atoms with van der Waals surface area (Å²) in [6.45, 7) is 13.2. The predicted molar refractivity (Wildman–Crippen MR) is 189 cm³/mol. The molecule has 0 bridgehead atoms. The van der Waals surface area contributed by atoms with Gasteiger partial charge in [-0.3, -0.25) is 9.47 Å². The van der Waals surface area contributed by atoms with Gasteiger partial charge >= 0.3 is 12.2 Å². The second-order valence-electron chi connectivity index (χ2n) is 14.1. The van der Waals surface area contributed by atoms with Gasteiger partial charge in [0.2, 0.25) is 5.28 Å². The van der Waals surface area contributed by atoms with E-state index in [0.29, 0.717) is 6.42 Å². The second kappa shape index (κ2) is 14.6. The molecule has 0 saturated carbocycles. The molecule has 1 N–H and O–H groups in total. The third kappa shape index (κ3) is 7.48. The van der Waals surface area contributed by atoms with Crippen LogP contribution in [0, 0.1) is 0 Å². The van der Waals surface area contributed by atoms with Crippen LogP contribution in [-0.2, 0) is 18.6 Å². The van der Waals surface area contributed by atoms with Crippen molar-refractivity contribution in [1.29, 1.82) is 0 Å². The van der Waals surface area contributed by atoms with E-state index < -0.39 is 55.8 Å². The Bertz CT molecular complexity index is 1760. The lowest BCUT2D eigenvalue weighted by Crippen LogP contribution is -2.67. The smallest absolute Gasteiger partial charge is 0.465 e. The Hall–Kier alpha value is -4.11. The molecule has 1 amide bonds. The monoisotopic (exact) mass is 727 g/mol. The van der Waals surface area contributed by atoms with Gasteiger partial charge in [0.1, 0.15) is 11.7 Å². The molecule has 2 aromatic carbocycles. The molecular formula is C35H43ClFN5O7Si. The fraction of sp³-hybridized carbons (Fsp3) is 0.457. The van der Waals surface area contributed by atoms with Crippen LogP contribution in [0.4, 0.5) is 19.8 Å². The summed E-state index contributed by atoms with van der Waals surface area (Å²) in [7, 11) is -3.12.